The summed E-state index contributed by atoms with van der Waals surface area (Å²) in [5.41, 5.74) is 8.70. The Hall–Kier alpha value is -0.900. The summed E-state index contributed by atoms with van der Waals surface area (Å²) in [7, 11) is 4.44. The molecular weight excluding hydrogens is 234 g/mol. The summed E-state index contributed by atoms with van der Waals surface area (Å²) in [5.74, 6) is 0. The quantitative estimate of drug-likeness (QED) is 0.900. The van der Waals surface area contributed by atoms with Crippen molar-refractivity contribution in [3.8, 4) is 0 Å². The lowest BCUT2D eigenvalue weighted by Gasteiger charge is -2.40. The van der Waals surface area contributed by atoms with Crippen molar-refractivity contribution in [1.29, 1.82) is 0 Å². The number of benzene rings is 1. The number of likely N-dealkylation sites (N-methyl/N-ethyl adjacent to an activating group) is 2. The highest BCUT2D eigenvalue weighted by Gasteiger charge is 2.26. The van der Waals surface area contributed by atoms with Gasteiger partial charge in [0.25, 0.3) is 0 Å². The average molecular weight is 261 g/mol. The van der Waals surface area contributed by atoms with Crippen molar-refractivity contribution in [1.82, 2.24) is 9.80 Å². The van der Waals surface area contributed by atoms with E-state index < -0.39 is 0 Å². The van der Waals surface area contributed by atoms with Crippen LogP contribution >= 0.6 is 0 Å². The first-order valence-corrected chi connectivity index (χ1v) is 7.29. The zero-order chi connectivity index (χ0) is 13.8. The van der Waals surface area contributed by atoms with Crippen LogP contribution in [0.1, 0.15) is 30.0 Å². The zero-order valence-electron chi connectivity index (χ0n) is 12.5. The molecule has 0 amide bonds. The molecule has 3 nitrogen and oxygen atoms in total. The largest absolute Gasteiger partial charge is 0.329 e. The van der Waals surface area contributed by atoms with Crippen LogP contribution < -0.4 is 5.73 Å². The second-order valence-corrected chi connectivity index (χ2v) is 5.89. The Balaban J connectivity index is 2.12. The summed E-state index contributed by atoms with van der Waals surface area (Å²) in [6.45, 7) is 5.20. The van der Waals surface area contributed by atoms with Gasteiger partial charge in [0.15, 0.2) is 0 Å². The third-order valence-electron chi connectivity index (χ3n) is 4.32. The molecule has 0 aromatic heterocycles. The molecule has 1 aliphatic rings. The highest BCUT2D eigenvalue weighted by Crippen LogP contribution is 2.25. The average Bonchev–Trinajstić information content (AvgIpc) is 2.39. The second kappa shape index (κ2) is 6.51. The summed E-state index contributed by atoms with van der Waals surface area (Å²) < 4.78 is 0. The van der Waals surface area contributed by atoms with Crippen LogP contribution in [0.2, 0.25) is 0 Å². The van der Waals surface area contributed by atoms with Gasteiger partial charge in [-0.1, -0.05) is 29.8 Å². The number of rotatable bonds is 4. The molecule has 1 aliphatic heterocycles. The highest BCUT2D eigenvalue weighted by atomic mass is 15.2. The van der Waals surface area contributed by atoms with Gasteiger partial charge in [-0.15, -0.1) is 0 Å². The number of piperidine rings is 1. The predicted molar refractivity (Wildman–Crippen MR) is 81.3 cm³/mol. The summed E-state index contributed by atoms with van der Waals surface area (Å²) in [6.07, 6.45) is 2.57. The van der Waals surface area contributed by atoms with Crippen LogP contribution in [0.15, 0.2) is 24.3 Å². The van der Waals surface area contributed by atoms with E-state index in [1.807, 2.05) is 0 Å². The maximum atomic E-state index is 6.04. The third-order valence-corrected chi connectivity index (χ3v) is 4.32. The van der Waals surface area contributed by atoms with E-state index >= 15 is 0 Å². The van der Waals surface area contributed by atoms with E-state index in [0.717, 1.165) is 6.54 Å². The molecule has 1 saturated heterocycles. The molecule has 1 aromatic carbocycles. The Labute approximate surface area is 117 Å². The Morgan fingerprint density at radius 1 is 1.47 bits per heavy atom. The van der Waals surface area contributed by atoms with Crippen LogP contribution in [0.4, 0.5) is 0 Å². The van der Waals surface area contributed by atoms with E-state index in [4.69, 9.17) is 5.73 Å². The molecular formula is C16H27N3. The lowest BCUT2D eigenvalue weighted by molar-refractivity contribution is 0.101. The van der Waals surface area contributed by atoms with E-state index in [9.17, 15) is 0 Å². The molecule has 0 bridgehead atoms. The number of aryl methyl sites for hydroxylation is 1. The van der Waals surface area contributed by atoms with Crippen molar-refractivity contribution in [2.75, 3.05) is 33.7 Å². The second-order valence-electron chi connectivity index (χ2n) is 5.89. The van der Waals surface area contributed by atoms with Gasteiger partial charge in [-0.05, 0) is 46.0 Å². The summed E-state index contributed by atoms with van der Waals surface area (Å²) in [4.78, 5) is 4.90. The van der Waals surface area contributed by atoms with Gasteiger partial charge in [-0.2, -0.15) is 0 Å². The minimum atomic E-state index is 0.330. The molecule has 2 N–H and O–H groups in total. The number of hydrogen-bond acceptors (Lipinski definition) is 3. The number of hydrogen-bond donors (Lipinski definition) is 1. The maximum absolute atomic E-state index is 6.04. The summed E-state index contributed by atoms with van der Waals surface area (Å²) in [5, 5.41) is 0. The standard InChI is InChI=1S/C16H27N3/c1-13-6-4-7-14(10-13)16(11-17)19(3)15-8-5-9-18(2)12-15/h4,6-7,10,15-16H,5,8-9,11-12,17H2,1-3H3. The van der Waals surface area contributed by atoms with Gasteiger partial charge >= 0.3 is 0 Å². The predicted octanol–water partition coefficient (Wildman–Crippen LogP) is 2.02. The van der Waals surface area contributed by atoms with E-state index in [1.54, 1.807) is 0 Å². The van der Waals surface area contributed by atoms with Gasteiger partial charge in [-0.3, -0.25) is 4.90 Å². The van der Waals surface area contributed by atoms with Gasteiger partial charge in [0.2, 0.25) is 0 Å². The Morgan fingerprint density at radius 2 is 2.26 bits per heavy atom. The maximum Gasteiger partial charge on any atom is 0.0470 e. The SMILES string of the molecule is Cc1cccc(C(CN)N(C)C2CCCN(C)C2)c1. The topological polar surface area (TPSA) is 32.5 Å². The van der Waals surface area contributed by atoms with Crippen molar-refractivity contribution in [2.45, 2.75) is 31.8 Å². The minimum Gasteiger partial charge on any atom is -0.329 e. The van der Waals surface area contributed by atoms with Crippen LogP contribution in [0, 0.1) is 6.92 Å². The first kappa shape index (κ1) is 14.5. The molecule has 2 rings (SSSR count). The number of nitrogens with two attached hydrogens (primary N) is 1. The molecule has 1 aromatic rings. The fourth-order valence-corrected chi connectivity index (χ4v) is 3.14. The molecule has 19 heavy (non-hydrogen) atoms. The lowest BCUT2D eigenvalue weighted by atomic mass is 9.98. The normalized spacial score (nSPS) is 22.7. The monoisotopic (exact) mass is 261 g/mol. The Bertz CT molecular complexity index is 405. The fraction of sp³-hybridized carbons (Fsp3) is 0.625. The first-order valence-electron chi connectivity index (χ1n) is 7.29. The molecule has 3 heteroatoms. The van der Waals surface area contributed by atoms with Gasteiger partial charge in [0.05, 0.1) is 0 Å². The Morgan fingerprint density at radius 3 is 2.89 bits per heavy atom. The molecule has 1 heterocycles. The van der Waals surface area contributed by atoms with E-state index in [-0.39, 0.29) is 0 Å². The van der Waals surface area contributed by atoms with E-state index in [1.165, 1.54) is 30.5 Å². The third kappa shape index (κ3) is 3.56. The van der Waals surface area contributed by atoms with E-state index in [2.05, 4.69) is 55.1 Å². The van der Waals surface area contributed by atoms with Crippen LogP contribution in [0.3, 0.4) is 0 Å². The highest BCUT2D eigenvalue weighted by molar-refractivity contribution is 5.25. The van der Waals surface area contributed by atoms with Gasteiger partial charge in [0.1, 0.15) is 0 Å². The zero-order valence-corrected chi connectivity index (χ0v) is 12.5. The van der Waals surface area contributed by atoms with Crippen LogP contribution in [-0.2, 0) is 0 Å². The van der Waals surface area contributed by atoms with Crippen LogP contribution in [0.25, 0.3) is 0 Å². The van der Waals surface area contributed by atoms with Crippen molar-refractivity contribution in [3.63, 3.8) is 0 Å². The molecule has 2 atom stereocenters. The van der Waals surface area contributed by atoms with Crippen molar-refractivity contribution in [3.05, 3.63) is 35.4 Å². The van der Waals surface area contributed by atoms with E-state index in [0.29, 0.717) is 18.6 Å². The van der Waals surface area contributed by atoms with Crippen LogP contribution in [-0.4, -0.2) is 49.6 Å². The van der Waals surface area contributed by atoms with Gasteiger partial charge < -0.3 is 10.6 Å². The van der Waals surface area contributed by atoms with Crippen molar-refractivity contribution < 1.29 is 0 Å². The summed E-state index contributed by atoms with van der Waals surface area (Å²) in [6, 6.07) is 9.69. The number of likely N-dealkylation sites (tertiary alicyclic amines) is 1. The first-order chi connectivity index (χ1) is 9.11. The van der Waals surface area contributed by atoms with Crippen molar-refractivity contribution in [2.24, 2.45) is 5.73 Å². The minimum absolute atomic E-state index is 0.330. The summed E-state index contributed by atoms with van der Waals surface area (Å²) >= 11 is 0. The molecule has 0 saturated carbocycles. The Kier molecular flexibility index (Phi) is 4.97. The van der Waals surface area contributed by atoms with Crippen LogP contribution in [0.5, 0.6) is 0 Å². The lowest BCUT2D eigenvalue weighted by Crippen LogP contribution is -2.47. The molecule has 0 spiro atoms. The molecule has 0 aliphatic carbocycles. The molecule has 2 unspecified atom stereocenters. The molecule has 0 radical (unpaired) electrons. The number of nitrogens with zero attached hydrogens (tertiary/aromatic N) is 2. The smallest absolute Gasteiger partial charge is 0.0470 e. The van der Waals surface area contributed by atoms with Gasteiger partial charge in [0, 0.05) is 25.2 Å². The van der Waals surface area contributed by atoms with Gasteiger partial charge in [-0.25, -0.2) is 0 Å². The molecule has 106 valence electrons. The fourth-order valence-electron chi connectivity index (χ4n) is 3.14. The van der Waals surface area contributed by atoms with Crippen molar-refractivity contribution >= 4 is 0 Å². The molecule has 1 fully saturated rings.